The van der Waals surface area contributed by atoms with Gasteiger partial charge in [-0.25, -0.2) is 4.79 Å². The normalized spacial score (nSPS) is 30.5. The highest BCUT2D eigenvalue weighted by atomic mass is 16.7. The number of benzene rings is 1. The van der Waals surface area contributed by atoms with E-state index in [1.165, 1.54) is 23.2 Å². The average molecular weight is 548 g/mol. The number of phenolic OH excluding ortho intramolecular Hbond substituents is 1. The predicted molar refractivity (Wildman–Crippen MR) is 123 cm³/mol. The molecule has 1 saturated heterocycles. The number of aromatic hydroxyl groups is 1. The Kier molecular flexibility index (Phi) is 7.89. The van der Waals surface area contributed by atoms with Gasteiger partial charge in [-0.3, -0.25) is 4.99 Å². The molecule has 1 aromatic rings. The van der Waals surface area contributed by atoms with E-state index in [9.17, 15) is 55.2 Å². The maximum atomic E-state index is 11.9. The van der Waals surface area contributed by atoms with Gasteiger partial charge in [-0.05, 0) is 29.4 Å². The Morgan fingerprint density at radius 3 is 2.44 bits per heavy atom. The summed E-state index contributed by atoms with van der Waals surface area (Å²) in [5, 5.41) is 82.4. The summed E-state index contributed by atoms with van der Waals surface area (Å²) in [6, 6.07) is -0.288. The van der Waals surface area contributed by atoms with Crippen LogP contribution in [0.4, 0.5) is 5.69 Å². The van der Waals surface area contributed by atoms with Crippen LogP contribution in [-0.4, -0.2) is 104 Å². The predicted octanol–water partition coefficient (Wildman–Crippen LogP) is -4.46. The van der Waals surface area contributed by atoms with E-state index >= 15 is 0 Å². The summed E-state index contributed by atoms with van der Waals surface area (Å²) in [7, 11) is 0. The molecule has 7 atom stereocenters. The number of allylic oxidation sites excluding steroid dienone is 1. The summed E-state index contributed by atoms with van der Waals surface area (Å²) in [4.78, 5) is 39.3. The number of ether oxygens (including phenoxy) is 2. The van der Waals surface area contributed by atoms with Crippen LogP contribution in [0.3, 0.4) is 0 Å². The zero-order chi connectivity index (χ0) is 28.6. The molecule has 1 fully saturated rings. The lowest BCUT2D eigenvalue weighted by Gasteiger charge is -2.39. The van der Waals surface area contributed by atoms with Crippen molar-refractivity contribution in [2.45, 2.75) is 55.6 Å². The van der Waals surface area contributed by atoms with E-state index in [-0.39, 0.29) is 29.9 Å². The molecule has 3 heterocycles. The first-order valence-electron chi connectivity index (χ1n) is 11.6. The largest absolute Gasteiger partial charge is 0.548 e. The molecule has 15 heteroatoms. The third kappa shape index (κ3) is 5.57. The summed E-state index contributed by atoms with van der Waals surface area (Å²) in [5.74, 6) is -5.29. The van der Waals surface area contributed by atoms with Crippen LogP contribution in [0.5, 0.6) is 11.5 Å². The van der Waals surface area contributed by atoms with Crippen molar-refractivity contribution in [3.8, 4) is 11.5 Å². The van der Waals surface area contributed by atoms with Gasteiger partial charge in [-0.15, -0.1) is 0 Å². The van der Waals surface area contributed by atoms with Gasteiger partial charge in [-0.1, -0.05) is 0 Å². The first-order chi connectivity index (χ1) is 18.4. The number of anilines is 1. The van der Waals surface area contributed by atoms with Crippen LogP contribution in [0, 0.1) is 0 Å². The van der Waals surface area contributed by atoms with Gasteiger partial charge in [-0.2, -0.15) is 0 Å². The Morgan fingerprint density at radius 1 is 1.10 bits per heavy atom. The van der Waals surface area contributed by atoms with Crippen LogP contribution >= 0.6 is 0 Å². The first-order valence-corrected chi connectivity index (χ1v) is 11.6. The van der Waals surface area contributed by atoms with E-state index in [2.05, 4.69) is 4.99 Å². The van der Waals surface area contributed by atoms with Crippen molar-refractivity contribution in [2.75, 3.05) is 11.5 Å². The topological polar surface area (TPSA) is 253 Å². The molecule has 1 aromatic carbocycles. The Morgan fingerprint density at radius 2 is 1.82 bits per heavy atom. The summed E-state index contributed by atoms with van der Waals surface area (Å²) < 4.78 is 10.8. The molecule has 4 rings (SSSR count). The summed E-state index contributed by atoms with van der Waals surface area (Å²) in [6.45, 7) is -0.699. The fourth-order valence-corrected chi connectivity index (χ4v) is 4.50. The number of carbonyl (C=O) groups excluding carboxylic acids is 2. The molecule has 0 unspecified atom stereocenters. The van der Waals surface area contributed by atoms with Crippen LogP contribution in [0.15, 0.2) is 41.1 Å². The number of carboxylic acid groups (broad SMARTS) is 3. The summed E-state index contributed by atoms with van der Waals surface area (Å²) in [5.41, 5.74) is 0.262. The van der Waals surface area contributed by atoms with Gasteiger partial charge >= 0.3 is 5.97 Å². The molecule has 0 aromatic heterocycles. The highest BCUT2D eigenvalue weighted by molar-refractivity contribution is 6.41. The smallest absolute Gasteiger partial charge is 0.354 e. The van der Waals surface area contributed by atoms with Crippen LogP contribution in [0.1, 0.15) is 12.0 Å². The van der Waals surface area contributed by atoms with Crippen molar-refractivity contribution in [1.82, 2.24) is 0 Å². The lowest BCUT2D eigenvalue weighted by Crippen LogP contribution is -2.60. The molecule has 39 heavy (non-hydrogen) atoms. The number of hydrogen-bond donors (Lipinski definition) is 6. The standard InChI is InChI=1S/C24H26N2O13/c27-8-17-18(29)19(30)20(31)24(39-17)38-16-6-10-5-14(23(36)37)26(13(10)7-15(16)28)2-1-9-3-11(21(32)33)25-12(4-9)22(34)35/h1-3,6-7,12,14,17-20,24,27-31H,4-5,8H2,(H,32,33)(H,34,35)(H,36,37)/p-2/b2-1+/t12-,14-,17+,18+,19-,20+,24+/m0/s1. The fourth-order valence-electron chi connectivity index (χ4n) is 4.50. The highest BCUT2D eigenvalue weighted by Gasteiger charge is 2.45. The third-order valence-corrected chi connectivity index (χ3v) is 6.54. The van der Waals surface area contributed by atoms with Crippen LogP contribution in [0.25, 0.3) is 0 Å². The molecule has 0 bridgehead atoms. The van der Waals surface area contributed by atoms with E-state index in [1.54, 1.807) is 0 Å². The minimum Gasteiger partial charge on any atom is -0.548 e. The van der Waals surface area contributed by atoms with E-state index in [4.69, 9.17) is 9.47 Å². The second kappa shape index (κ2) is 11.0. The summed E-state index contributed by atoms with van der Waals surface area (Å²) >= 11 is 0. The number of aliphatic hydroxyl groups excluding tert-OH is 4. The van der Waals surface area contributed by atoms with Crippen LogP contribution in [-0.2, 0) is 25.5 Å². The van der Waals surface area contributed by atoms with E-state index in [0.29, 0.717) is 5.56 Å². The van der Waals surface area contributed by atoms with E-state index in [0.717, 1.165) is 12.1 Å². The molecule has 0 radical (unpaired) electrons. The van der Waals surface area contributed by atoms with Crippen LogP contribution < -0.4 is 19.8 Å². The minimum absolute atomic E-state index is 0.129. The molecule has 6 N–H and O–H groups in total. The second-order valence-electron chi connectivity index (χ2n) is 9.10. The lowest BCUT2D eigenvalue weighted by molar-refractivity contribution is -0.308. The van der Waals surface area contributed by atoms with Crippen molar-refractivity contribution < 1.29 is 64.7 Å². The van der Waals surface area contributed by atoms with Crippen molar-refractivity contribution in [2.24, 2.45) is 4.99 Å². The maximum absolute atomic E-state index is 11.9. The number of aliphatic carboxylic acids is 3. The molecule has 0 amide bonds. The zero-order valence-corrected chi connectivity index (χ0v) is 20.0. The van der Waals surface area contributed by atoms with Crippen LogP contribution in [0.2, 0.25) is 0 Å². The highest BCUT2D eigenvalue weighted by Crippen LogP contribution is 2.41. The number of rotatable bonds is 8. The number of nitrogens with zero attached hydrogens (tertiary/aromatic N) is 2. The average Bonchev–Trinajstić information content (AvgIpc) is 3.24. The van der Waals surface area contributed by atoms with Crippen molar-refractivity contribution in [3.63, 3.8) is 0 Å². The Labute approximate surface area is 219 Å². The van der Waals surface area contributed by atoms with Gasteiger partial charge in [0.1, 0.15) is 30.1 Å². The third-order valence-electron chi connectivity index (χ3n) is 6.54. The molecule has 0 saturated carbocycles. The SMILES string of the molecule is O=C(O)C1=N[C@H](C(=O)[O-])CC(/C=C/N2c3cc(O)c(O[C@@H]4O[C@H](CO)[C@@H](O)[C@H](O)[C@H]4O)cc3C[C@H]2C(=O)[O-])=C1. The van der Waals surface area contributed by atoms with Gasteiger partial charge in [0.25, 0.3) is 0 Å². The number of aliphatic hydroxyl groups is 4. The number of hydrogen-bond acceptors (Lipinski definition) is 14. The Balaban J connectivity index is 1.61. The van der Waals surface area contributed by atoms with E-state index < -0.39 is 78.8 Å². The van der Waals surface area contributed by atoms with E-state index in [1.807, 2.05) is 0 Å². The molecule has 15 nitrogen and oxygen atoms in total. The lowest BCUT2D eigenvalue weighted by atomic mass is 9.99. The van der Waals surface area contributed by atoms with Gasteiger partial charge in [0.15, 0.2) is 11.5 Å². The molecular formula is C24H24N2O13-2. The minimum atomic E-state index is -1.75. The van der Waals surface area contributed by atoms with Crippen molar-refractivity contribution in [1.29, 1.82) is 0 Å². The first kappa shape index (κ1) is 28.0. The maximum Gasteiger partial charge on any atom is 0.354 e. The molecule has 0 aliphatic carbocycles. The van der Waals surface area contributed by atoms with Crippen molar-refractivity contribution >= 4 is 29.3 Å². The fraction of sp³-hybridized carbons (Fsp3) is 0.417. The monoisotopic (exact) mass is 548 g/mol. The van der Waals surface area contributed by atoms with Gasteiger partial charge in [0.05, 0.1) is 30.6 Å². The number of fused-ring (bicyclic) bond motifs is 1. The Hall–Kier alpha value is -4.02. The molecular weight excluding hydrogens is 524 g/mol. The van der Waals surface area contributed by atoms with Gasteiger partial charge < -0.3 is 64.8 Å². The van der Waals surface area contributed by atoms with Gasteiger partial charge in [0.2, 0.25) is 6.29 Å². The molecule has 3 aliphatic rings. The number of phenols is 1. The number of carbonyl (C=O) groups is 3. The number of carboxylic acids is 3. The molecule has 3 aliphatic heterocycles. The van der Waals surface area contributed by atoms with Gasteiger partial charge in [0, 0.05) is 30.8 Å². The number of aliphatic imine (C=N–C) groups is 1. The summed E-state index contributed by atoms with van der Waals surface area (Å²) in [6.07, 6.45) is -4.57. The Bertz CT molecular complexity index is 1260. The molecule has 210 valence electrons. The quantitative estimate of drug-likeness (QED) is 0.179. The van der Waals surface area contributed by atoms with Crippen molar-refractivity contribution in [3.05, 3.63) is 41.6 Å². The molecule has 0 spiro atoms. The zero-order valence-electron chi connectivity index (χ0n) is 20.0. The number of dihydropyridines is 1. The second-order valence-corrected chi connectivity index (χ2v) is 9.10.